The predicted octanol–water partition coefficient (Wildman–Crippen LogP) is 0.177. The molecule has 0 aliphatic carbocycles. The standard InChI is InChI=1S/C13H21N3O3S2/c1-16(2)8-10-19-9-7-15-21(17,18)12-6-4-3-5-11(12)13(14)20/h3-6,15H,7-10H2,1-2H3,(H2,14,20). The van der Waals surface area contributed by atoms with Gasteiger partial charge in [-0.05, 0) is 20.2 Å². The molecule has 8 heteroatoms. The van der Waals surface area contributed by atoms with Crippen molar-refractivity contribution in [3.05, 3.63) is 29.8 Å². The van der Waals surface area contributed by atoms with Gasteiger partial charge in [0, 0.05) is 18.7 Å². The van der Waals surface area contributed by atoms with E-state index in [1.165, 1.54) is 6.07 Å². The molecule has 0 saturated heterocycles. The van der Waals surface area contributed by atoms with Crippen molar-refractivity contribution in [2.24, 2.45) is 5.73 Å². The van der Waals surface area contributed by atoms with Crippen LogP contribution in [0.1, 0.15) is 5.56 Å². The molecular weight excluding hydrogens is 310 g/mol. The molecule has 0 atom stereocenters. The van der Waals surface area contributed by atoms with Gasteiger partial charge in [-0.2, -0.15) is 0 Å². The van der Waals surface area contributed by atoms with Gasteiger partial charge in [0.2, 0.25) is 10.0 Å². The highest BCUT2D eigenvalue weighted by molar-refractivity contribution is 7.89. The Hall–Kier alpha value is -1.06. The minimum atomic E-state index is -3.65. The van der Waals surface area contributed by atoms with Crippen LogP contribution in [0.15, 0.2) is 29.2 Å². The molecule has 0 heterocycles. The third-order valence-corrected chi connectivity index (χ3v) is 4.40. The molecule has 0 saturated carbocycles. The van der Waals surface area contributed by atoms with Crippen LogP contribution in [-0.2, 0) is 14.8 Å². The molecule has 0 amide bonds. The number of hydrogen-bond acceptors (Lipinski definition) is 5. The molecule has 0 aliphatic heterocycles. The van der Waals surface area contributed by atoms with Gasteiger partial charge < -0.3 is 15.4 Å². The number of hydrogen-bond donors (Lipinski definition) is 2. The lowest BCUT2D eigenvalue weighted by Crippen LogP contribution is -2.30. The van der Waals surface area contributed by atoms with Gasteiger partial charge in [-0.3, -0.25) is 0 Å². The Balaban J connectivity index is 2.57. The summed E-state index contributed by atoms with van der Waals surface area (Å²) in [7, 11) is 0.239. The summed E-state index contributed by atoms with van der Waals surface area (Å²) in [6.07, 6.45) is 0. The molecule has 0 aliphatic rings. The highest BCUT2D eigenvalue weighted by Gasteiger charge is 2.18. The molecule has 1 rings (SSSR count). The maximum Gasteiger partial charge on any atom is 0.241 e. The van der Waals surface area contributed by atoms with E-state index in [0.29, 0.717) is 18.8 Å². The van der Waals surface area contributed by atoms with E-state index in [2.05, 4.69) is 4.72 Å². The van der Waals surface area contributed by atoms with Crippen LogP contribution in [0.2, 0.25) is 0 Å². The number of rotatable bonds is 9. The number of sulfonamides is 1. The fourth-order valence-corrected chi connectivity index (χ4v) is 3.06. The number of likely N-dealkylation sites (N-methyl/N-ethyl adjacent to an activating group) is 1. The average molecular weight is 331 g/mol. The Morgan fingerprint density at radius 2 is 2.00 bits per heavy atom. The second-order valence-electron chi connectivity index (χ2n) is 4.67. The van der Waals surface area contributed by atoms with Crippen molar-refractivity contribution in [2.75, 3.05) is 40.4 Å². The third-order valence-electron chi connectivity index (χ3n) is 2.66. The van der Waals surface area contributed by atoms with Crippen LogP contribution in [0.3, 0.4) is 0 Å². The van der Waals surface area contributed by atoms with Gasteiger partial charge in [-0.1, -0.05) is 30.4 Å². The van der Waals surface area contributed by atoms with Gasteiger partial charge in [0.15, 0.2) is 0 Å². The summed E-state index contributed by atoms with van der Waals surface area (Å²) in [4.78, 5) is 2.13. The van der Waals surface area contributed by atoms with E-state index in [0.717, 1.165) is 6.54 Å². The summed E-state index contributed by atoms with van der Waals surface area (Å²) in [5, 5.41) is 0. The van der Waals surface area contributed by atoms with E-state index in [1.54, 1.807) is 18.2 Å². The number of nitrogens with one attached hydrogen (secondary N) is 1. The Labute approximate surface area is 131 Å². The summed E-state index contributed by atoms with van der Waals surface area (Å²) in [6, 6.07) is 6.38. The minimum Gasteiger partial charge on any atom is -0.389 e. The first-order valence-corrected chi connectivity index (χ1v) is 8.34. The van der Waals surface area contributed by atoms with E-state index >= 15 is 0 Å². The second-order valence-corrected chi connectivity index (χ2v) is 6.85. The zero-order valence-electron chi connectivity index (χ0n) is 12.2. The van der Waals surface area contributed by atoms with Crippen molar-refractivity contribution in [1.29, 1.82) is 0 Å². The molecule has 0 unspecified atom stereocenters. The predicted molar refractivity (Wildman–Crippen MR) is 86.9 cm³/mol. The molecule has 3 N–H and O–H groups in total. The topological polar surface area (TPSA) is 84.7 Å². The highest BCUT2D eigenvalue weighted by Crippen LogP contribution is 2.14. The quantitative estimate of drug-likeness (QED) is 0.496. The summed E-state index contributed by atoms with van der Waals surface area (Å²) >= 11 is 4.87. The largest absolute Gasteiger partial charge is 0.389 e. The van der Waals surface area contributed by atoms with Crippen molar-refractivity contribution in [2.45, 2.75) is 4.90 Å². The number of nitrogens with two attached hydrogens (primary N) is 1. The van der Waals surface area contributed by atoms with Crippen LogP contribution in [0.4, 0.5) is 0 Å². The number of ether oxygens (including phenoxy) is 1. The van der Waals surface area contributed by atoms with Crippen LogP contribution < -0.4 is 10.5 Å². The molecule has 1 aromatic rings. The fourth-order valence-electron chi connectivity index (χ4n) is 1.58. The molecule has 6 nitrogen and oxygen atoms in total. The van der Waals surface area contributed by atoms with E-state index < -0.39 is 10.0 Å². The lowest BCUT2D eigenvalue weighted by molar-refractivity contribution is 0.122. The first-order chi connectivity index (χ1) is 9.84. The van der Waals surface area contributed by atoms with E-state index in [4.69, 9.17) is 22.7 Å². The lowest BCUT2D eigenvalue weighted by atomic mass is 10.2. The first-order valence-electron chi connectivity index (χ1n) is 6.45. The molecule has 0 radical (unpaired) electrons. The summed E-state index contributed by atoms with van der Waals surface area (Å²) in [6.45, 7) is 1.85. The van der Waals surface area contributed by atoms with Gasteiger partial charge in [0.1, 0.15) is 4.99 Å². The van der Waals surface area contributed by atoms with Gasteiger partial charge in [-0.15, -0.1) is 0 Å². The minimum absolute atomic E-state index is 0.0539. The van der Waals surface area contributed by atoms with Crippen LogP contribution in [0, 0.1) is 0 Å². The highest BCUT2D eigenvalue weighted by atomic mass is 32.2. The summed E-state index contributed by atoms with van der Waals surface area (Å²) in [5.74, 6) is 0. The average Bonchev–Trinajstić information content (AvgIpc) is 2.42. The second kappa shape index (κ2) is 8.40. The van der Waals surface area contributed by atoms with Gasteiger partial charge in [-0.25, -0.2) is 13.1 Å². The fraction of sp³-hybridized carbons (Fsp3) is 0.462. The molecular formula is C13H21N3O3S2. The first kappa shape index (κ1) is 18.0. The van der Waals surface area contributed by atoms with Gasteiger partial charge in [0.25, 0.3) is 0 Å². The van der Waals surface area contributed by atoms with Crippen molar-refractivity contribution >= 4 is 27.2 Å². The molecule has 21 heavy (non-hydrogen) atoms. The van der Waals surface area contributed by atoms with Crippen molar-refractivity contribution < 1.29 is 13.2 Å². The molecule has 0 aromatic heterocycles. The molecule has 0 bridgehead atoms. The van der Waals surface area contributed by atoms with Crippen LogP contribution >= 0.6 is 12.2 Å². The van der Waals surface area contributed by atoms with Crippen molar-refractivity contribution in [1.82, 2.24) is 9.62 Å². The number of thiocarbonyl (C=S) groups is 1. The van der Waals surface area contributed by atoms with Gasteiger partial charge >= 0.3 is 0 Å². The zero-order valence-corrected chi connectivity index (χ0v) is 13.8. The molecule has 0 fully saturated rings. The van der Waals surface area contributed by atoms with E-state index in [-0.39, 0.29) is 16.4 Å². The number of benzene rings is 1. The molecule has 0 spiro atoms. The summed E-state index contributed by atoms with van der Waals surface area (Å²) in [5.41, 5.74) is 5.89. The lowest BCUT2D eigenvalue weighted by Gasteiger charge is -2.12. The maximum atomic E-state index is 12.2. The molecule has 1 aromatic carbocycles. The Morgan fingerprint density at radius 3 is 2.62 bits per heavy atom. The summed E-state index contributed by atoms with van der Waals surface area (Å²) < 4.78 is 32.2. The van der Waals surface area contributed by atoms with E-state index in [9.17, 15) is 8.42 Å². The van der Waals surface area contributed by atoms with Crippen LogP contribution in [-0.4, -0.2) is 58.7 Å². The Kier molecular flexibility index (Phi) is 7.20. The normalized spacial score (nSPS) is 11.8. The number of nitrogens with zero attached hydrogens (tertiary/aromatic N) is 1. The third kappa shape index (κ3) is 6.06. The smallest absolute Gasteiger partial charge is 0.241 e. The van der Waals surface area contributed by atoms with Crippen LogP contribution in [0.25, 0.3) is 0 Å². The zero-order chi connectivity index (χ0) is 15.9. The van der Waals surface area contributed by atoms with Crippen molar-refractivity contribution in [3.8, 4) is 0 Å². The van der Waals surface area contributed by atoms with Crippen molar-refractivity contribution in [3.63, 3.8) is 0 Å². The SMILES string of the molecule is CN(C)CCOCCNS(=O)(=O)c1ccccc1C(N)=S. The Bertz CT molecular complexity index is 574. The maximum absolute atomic E-state index is 12.2. The molecule has 118 valence electrons. The van der Waals surface area contributed by atoms with E-state index in [1.807, 2.05) is 19.0 Å². The van der Waals surface area contributed by atoms with Crippen LogP contribution in [0.5, 0.6) is 0 Å². The van der Waals surface area contributed by atoms with Gasteiger partial charge in [0.05, 0.1) is 18.1 Å². The Morgan fingerprint density at radius 1 is 1.33 bits per heavy atom. The monoisotopic (exact) mass is 331 g/mol.